The topological polar surface area (TPSA) is 67.4 Å². The Labute approximate surface area is 116 Å². The average Bonchev–Trinajstić information content (AvgIpc) is 2.34. The van der Waals surface area contributed by atoms with Crippen molar-refractivity contribution in [2.75, 3.05) is 20.2 Å². The van der Waals surface area contributed by atoms with Crippen LogP contribution >= 0.6 is 15.9 Å². The molecule has 6 heteroatoms. The summed E-state index contributed by atoms with van der Waals surface area (Å²) in [6.07, 6.45) is 4.17. The maximum Gasteiger partial charge on any atom is 0.315 e. The number of hydrogen-bond acceptors (Lipinski definition) is 3. The highest BCUT2D eigenvalue weighted by Crippen LogP contribution is 2.03. The second-order valence-corrected chi connectivity index (χ2v) is 4.99. The van der Waals surface area contributed by atoms with Crippen LogP contribution in [0.15, 0.2) is 11.1 Å². The van der Waals surface area contributed by atoms with E-state index in [1.165, 1.54) is 7.11 Å². The summed E-state index contributed by atoms with van der Waals surface area (Å²) in [5, 5.41) is 5.39. The van der Waals surface area contributed by atoms with Crippen LogP contribution in [-0.4, -0.2) is 32.2 Å². The summed E-state index contributed by atoms with van der Waals surface area (Å²) in [7, 11) is 1.40. The second kappa shape index (κ2) is 11.1. The molecule has 5 nitrogen and oxygen atoms in total. The van der Waals surface area contributed by atoms with E-state index in [9.17, 15) is 9.59 Å². The highest BCUT2D eigenvalue weighted by molar-refractivity contribution is 9.11. The van der Waals surface area contributed by atoms with Crippen molar-refractivity contribution in [3.8, 4) is 0 Å². The van der Waals surface area contributed by atoms with Gasteiger partial charge in [-0.1, -0.05) is 35.4 Å². The number of rotatable bonds is 9. The van der Waals surface area contributed by atoms with Gasteiger partial charge >= 0.3 is 12.0 Å². The van der Waals surface area contributed by atoms with Gasteiger partial charge in [0.05, 0.1) is 13.7 Å². The number of carbonyl (C=O) groups is 2. The van der Waals surface area contributed by atoms with Gasteiger partial charge in [0.15, 0.2) is 0 Å². The molecule has 2 N–H and O–H groups in total. The number of esters is 1. The minimum Gasteiger partial charge on any atom is -0.469 e. The molecule has 18 heavy (non-hydrogen) atoms. The number of methoxy groups -OCH3 is 1. The number of unbranched alkanes of at least 4 members (excludes halogenated alkanes) is 3. The summed E-state index contributed by atoms with van der Waals surface area (Å²) in [5.74, 6) is -0.164. The van der Waals surface area contributed by atoms with Crippen molar-refractivity contribution in [1.29, 1.82) is 0 Å². The molecule has 0 atom stereocenters. The van der Waals surface area contributed by atoms with Gasteiger partial charge in [0.2, 0.25) is 0 Å². The van der Waals surface area contributed by atoms with Crippen molar-refractivity contribution in [1.82, 2.24) is 10.6 Å². The summed E-state index contributed by atoms with van der Waals surface area (Å²) < 4.78 is 5.28. The maximum absolute atomic E-state index is 11.2. The van der Waals surface area contributed by atoms with Gasteiger partial charge in [0.1, 0.15) is 0 Å². The molecule has 0 radical (unpaired) electrons. The van der Waals surface area contributed by atoms with Crippen LogP contribution in [0.5, 0.6) is 0 Å². The SMILES string of the molecule is C=C(Br)CNC(=O)NCCCCCCC(=O)OC. The molecular formula is C12H21BrN2O3. The predicted octanol–water partition coefficient (Wildman–Crippen LogP) is 2.32. The Balaban J connectivity index is 3.27. The van der Waals surface area contributed by atoms with E-state index in [0.29, 0.717) is 19.5 Å². The van der Waals surface area contributed by atoms with E-state index in [1.807, 2.05) is 0 Å². The number of nitrogens with one attached hydrogen (secondary N) is 2. The third kappa shape index (κ3) is 11.4. The first-order chi connectivity index (χ1) is 8.56. The summed E-state index contributed by atoms with van der Waals surface area (Å²) in [4.78, 5) is 22.0. The van der Waals surface area contributed by atoms with Crippen LogP contribution in [0, 0.1) is 0 Å². The summed E-state index contributed by atoms with van der Waals surface area (Å²) in [6, 6.07) is -0.190. The highest BCUT2D eigenvalue weighted by atomic mass is 79.9. The van der Waals surface area contributed by atoms with Crippen LogP contribution in [0.1, 0.15) is 32.1 Å². The number of hydrogen-bond donors (Lipinski definition) is 2. The Kier molecular flexibility index (Phi) is 10.4. The van der Waals surface area contributed by atoms with Crippen molar-refractivity contribution >= 4 is 27.9 Å². The van der Waals surface area contributed by atoms with Crippen molar-refractivity contribution < 1.29 is 14.3 Å². The fourth-order valence-electron chi connectivity index (χ4n) is 1.29. The second-order valence-electron chi connectivity index (χ2n) is 3.87. The van der Waals surface area contributed by atoms with Crippen molar-refractivity contribution in [2.45, 2.75) is 32.1 Å². The van der Waals surface area contributed by atoms with Crippen LogP contribution in [0.25, 0.3) is 0 Å². The summed E-state index contributed by atoms with van der Waals surface area (Å²) in [5.41, 5.74) is 0. The van der Waals surface area contributed by atoms with Gasteiger partial charge in [-0.3, -0.25) is 4.79 Å². The number of amides is 2. The molecular weight excluding hydrogens is 300 g/mol. The molecule has 0 spiro atoms. The van der Waals surface area contributed by atoms with Crippen LogP contribution < -0.4 is 10.6 Å². The Hall–Kier alpha value is -1.04. The van der Waals surface area contributed by atoms with E-state index >= 15 is 0 Å². The first kappa shape index (κ1) is 17.0. The molecule has 0 aromatic heterocycles. The molecule has 0 bridgehead atoms. The molecule has 0 fully saturated rings. The zero-order valence-corrected chi connectivity index (χ0v) is 12.3. The summed E-state index contributed by atoms with van der Waals surface area (Å²) >= 11 is 3.16. The van der Waals surface area contributed by atoms with Crippen LogP contribution in [-0.2, 0) is 9.53 Å². The van der Waals surface area contributed by atoms with E-state index in [2.05, 4.69) is 37.9 Å². The monoisotopic (exact) mass is 320 g/mol. The lowest BCUT2D eigenvalue weighted by molar-refractivity contribution is -0.140. The Morgan fingerprint density at radius 3 is 2.44 bits per heavy atom. The molecule has 104 valence electrons. The molecule has 0 aromatic rings. The van der Waals surface area contributed by atoms with Gasteiger partial charge in [0, 0.05) is 17.4 Å². The maximum atomic E-state index is 11.2. The molecule has 0 aliphatic carbocycles. The lowest BCUT2D eigenvalue weighted by atomic mass is 10.1. The van der Waals surface area contributed by atoms with Crippen LogP contribution in [0.4, 0.5) is 4.79 Å². The normalized spacial score (nSPS) is 9.67. The standard InChI is InChI=1S/C12H21BrN2O3/c1-10(13)9-15-12(17)14-8-6-4-3-5-7-11(16)18-2/h1,3-9H2,2H3,(H2,14,15,17). The number of ether oxygens (including phenoxy) is 1. The Bertz CT molecular complexity index is 282. The fraction of sp³-hybridized carbons (Fsp3) is 0.667. The van der Waals surface area contributed by atoms with Gasteiger partial charge < -0.3 is 15.4 Å². The number of halogens is 1. The largest absolute Gasteiger partial charge is 0.469 e. The molecule has 0 rings (SSSR count). The average molecular weight is 321 g/mol. The molecule has 0 aliphatic rings. The zero-order valence-electron chi connectivity index (χ0n) is 10.8. The van der Waals surface area contributed by atoms with Crippen LogP contribution in [0.3, 0.4) is 0 Å². The van der Waals surface area contributed by atoms with E-state index in [0.717, 1.165) is 30.2 Å². The van der Waals surface area contributed by atoms with E-state index in [-0.39, 0.29) is 12.0 Å². The summed E-state index contributed by atoms with van der Waals surface area (Å²) in [6.45, 7) is 4.67. The Morgan fingerprint density at radius 2 is 1.83 bits per heavy atom. The van der Waals surface area contributed by atoms with Crippen molar-refractivity contribution in [3.63, 3.8) is 0 Å². The minimum atomic E-state index is -0.190. The lowest BCUT2D eigenvalue weighted by Crippen LogP contribution is -2.36. The smallest absolute Gasteiger partial charge is 0.315 e. The van der Waals surface area contributed by atoms with E-state index in [4.69, 9.17) is 0 Å². The van der Waals surface area contributed by atoms with Crippen LogP contribution in [0.2, 0.25) is 0 Å². The molecule has 0 aliphatic heterocycles. The lowest BCUT2D eigenvalue weighted by Gasteiger charge is -2.06. The zero-order chi connectivity index (χ0) is 13.8. The molecule has 0 aromatic carbocycles. The Morgan fingerprint density at radius 1 is 1.17 bits per heavy atom. The third-order valence-electron chi connectivity index (χ3n) is 2.26. The first-order valence-corrected chi connectivity index (χ1v) is 6.77. The first-order valence-electron chi connectivity index (χ1n) is 5.98. The quantitative estimate of drug-likeness (QED) is 0.506. The van der Waals surface area contributed by atoms with Crippen molar-refractivity contribution in [3.05, 3.63) is 11.1 Å². The minimum absolute atomic E-state index is 0.164. The van der Waals surface area contributed by atoms with Gasteiger partial charge in [-0.25, -0.2) is 4.79 Å². The molecule has 2 amide bonds. The van der Waals surface area contributed by atoms with Gasteiger partial charge in [0.25, 0.3) is 0 Å². The van der Waals surface area contributed by atoms with E-state index < -0.39 is 0 Å². The molecule has 0 saturated heterocycles. The van der Waals surface area contributed by atoms with Crippen molar-refractivity contribution in [2.24, 2.45) is 0 Å². The van der Waals surface area contributed by atoms with Gasteiger partial charge in [-0.05, 0) is 12.8 Å². The highest BCUT2D eigenvalue weighted by Gasteiger charge is 2.00. The number of urea groups is 1. The van der Waals surface area contributed by atoms with Gasteiger partial charge in [-0.15, -0.1) is 0 Å². The van der Waals surface area contributed by atoms with E-state index in [1.54, 1.807) is 0 Å². The molecule has 0 heterocycles. The molecule has 0 unspecified atom stereocenters. The molecule has 0 saturated carbocycles. The predicted molar refractivity (Wildman–Crippen MR) is 74.6 cm³/mol. The number of carbonyl (C=O) groups excluding carboxylic acids is 2. The third-order valence-corrected chi connectivity index (χ3v) is 2.54. The fourth-order valence-corrected chi connectivity index (χ4v) is 1.43. The van der Waals surface area contributed by atoms with Gasteiger partial charge in [-0.2, -0.15) is 0 Å².